The summed E-state index contributed by atoms with van der Waals surface area (Å²) >= 11 is 0. The molecule has 2 aromatic rings. The van der Waals surface area contributed by atoms with E-state index < -0.39 is 42.6 Å². The van der Waals surface area contributed by atoms with E-state index in [1.165, 1.54) is 6.07 Å². The van der Waals surface area contributed by atoms with Crippen LogP contribution < -0.4 is 15.4 Å². The minimum absolute atomic E-state index is 0.247. The standard InChI is InChI=1S/C19H18F2N2O5/c1-2-27-16-6-4-3-5-13(16)19(26)22-10-18(25)28-11-17(24)23-15-9-12(20)7-8-14(15)21/h3-9H,2,10-11H2,1H3,(H,22,26)(H,23,24). The summed E-state index contributed by atoms with van der Waals surface area (Å²) in [5.74, 6) is -3.48. The van der Waals surface area contributed by atoms with E-state index in [0.29, 0.717) is 12.4 Å². The predicted molar refractivity (Wildman–Crippen MR) is 95.9 cm³/mol. The molecule has 0 heterocycles. The van der Waals surface area contributed by atoms with E-state index in [9.17, 15) is 23.2 Å². The van der Waals surface area contributed by atoms with Crippen molar-refractivity contribution in [3.63, 3.8) is 0 Å². The van der Waals surface area contributed by atoms with Crippen LogP contribution in [0.4, 0.5) is 14.5 Å². The topological polar surface area (TPSA) is 93.7 Å². The molecule has 0 unspecified atom stereocenters. The van der Waals surface area contributed by atoms with Crippen LogP contribution in [-0.4, -0.2) is 37.5 Å². The molecule has 0 aliphatic carbocycles. The van der Waals surface area contributed by atoms with Gasteiger partial charge in [-0.15, -0.1) is 0 Å². The number of anilines is 1. The number of carbonyl (C=O) groups is 3. The van der Waals surface area contributed by atoms with Crippen molar-refractivity contribution in [2.75, 3.05) is 25.1 Å². The lowest BCUT2D eigenvalue weighted by Crippen LogP contribution is -2.32. The summed E-state index contributed by atoms with van der Waals surface area (Å²) < 4.78 is 36.5. The predicted octanol–water partition coefficient (Wildman–Crippen LogP) is 2.28. The lowest BCUT2D eigenvalue weighted by molar-refractivity contribution is -0.146. The Kier molecular flexibility index (Phi) is 7.44. The third-order valence-corrected chi connectivity index (χ3v) is 3.39. The molecule has 0 aliphatic heterocycles. The number of para-hydroxylation sites is 1. The van der Waals surface area contributed by atoms with Crippen molar-refractivity contribution in [1.82, 2.24) is 5.32 Å². The Morgan fingerprint density at radius 3 is 2.57 bits per heavy atom. The van der Waals surface area contributed by atoms with E-state index in [4.69, 9.17) is 9.47 Å². The third-order valence-electron chi connectivity index (χ3n) is 3.39. The average Bonchev–Trinajstić information content (AvgIpc) is 2.68. The number of hydrogen-bond acceptors (Lipinski definition) is 5. The molecule has 0 radical (unpaired) electrons. The molecular weight excluding hydrogens is 374 g/mol. The Labute approximate surface area is 159 Å². The van der Waals surface area contributed by atoms with Crippen molar-refractivity contribution in [2.45, 2.75) is 6.92 Å². The summed E-state index contributed by atoms with van der Waals surface area (Å²) in [5, 5.41) is 4.44. The van der Waals surface area contributed by atoms with Crippen LogP contribution >= 0.6 is 0 Å². The maximum atomic E-state index is 13.4. The number of carbonyl (C=O) groups excluding carboxylic acids is 3. The first kappa shape index (κ1) is 20.8. The highest BCUT2D eigenvalue weighted by Gasteiger charge is 2.15. The summed E-state index contributed by atoms with van der Waals surface area (Å²) in [4.78, 5) is 35.5. The molecule has 148 valence electrons. The summed E-state index contributed by atoms with van der Waals surface area (Å²) in [6, 6.07) is 9.05. The highest BCUT2D eigenvalue weighted by atomic mass is 19.1. The fraction of sp³-hybridized carbons (Fsp3) is 0.211. The van der Waals surface area contributed by atoms with E-state index in [1.807, 2.05) is 0 Å². The van der Waals surface area contributed by atoms with Crippen LogP contribution in [0.1, 0.15) is 17.3 Å². The van der Waals surface area contributed by atoms with Gasteiger partial charge >= 0.3 is 5.97 Å². The summed E-state index contributed by atoms with van der Waals surface area (Å²) in [5.41, 5.74) is -0.127. The summed E-state index contributed by atoms with van der Waals surface area (Å²) in [7, 11) is 0. The molecule has 28 heavy (non-hydrogen) atoms. The smallest absolute Gasteiger partial charge is 0.325 e. The quantitative estimate of drug-likeness (QED) is 0.673. The summed E-state index contributed by atoms with van der Waals surface area (Å²) in [6.07, 6.45) is 0. The van der Waals surface area contributed by atoms with Crippen molar-refractivity contribution in [3.05, 3.63) is 59.7 Å². The summed E-state index contributed by atoms with van der Waals surface area (Å²) in [6.45, 7) is 0.932. The first-order valence-corrected chi connectivity index (χ1v) is 8.31. The van der Waals surface area contributed by atoms with Gasteiger partial charge in [0.1, 0.15) is 23.9 Å². The minimum Gasteiger partial charge on any atom is -0.493 e. The fourth-order valence-electron chi connectivity index (χ4n) is 2.16. The van der Waals surface area contributed by atoms with Gasteiger partial charge in [0.15, 0.2) is 6.61 Å². The zero-order chi connectivity index (χ0) is 20.5. The number of halogens is 2. The van der Waals surface area contributed by atoms with Gasteiger partial charge in [0.05, 0.1) is 17.9 Å². The van der Waals surface area contributed by atoms with E-state index in [-0.39, 0.29) is 11.3 Å². The maximum Gasteiger partial charge on any atom is 0.325 e. The Bertz CT molecular complexity index is 873. The van der Waals surface area contributed by atoms with Crippen LogP contribution in [0.2, 0.25) is 0 Å². The zero-order valence-corrected chi connectivity index (χ0v) is 15.0. The molecule has 0 aromatic heterocycles. The second-order valence-corrected chi connectivity index (χ2v) is 5.44. The van der Waals surface area contributed by atoms with Crippen molar-refractivity contribution >= 4 is 23.5 Å². The average molecular weight is 392 g/mol. The highest BCUT2D eigenvalue weighted by Crippen LogP contribution is 2.17. The normalized spacial score (nSPS) is 10.1. The van der Waals surface area contributed by atoms with Gasteiger partial charge in [-0.1, -0.05) is 12.1 Å². The molecule has 0 aliphatic rings. The Morgan fingerprint density at radius 2 is 1.82 bits per heavy atom. The van der Waals surface area contributed by atoms with Gasteiger partial charge in [-0.2, -0.15) is 0 Å². The second-order valence-electron chi connectivity index (χ2n) is 5.44. The van der Waals surface area contributed by atoms with Crippen molar-refractivity contribution in [2.24, 2.45) is 0 Å². The van der Waals surface area contributed by atoms with Crippen LogP contribution in [0.25, 0.3) is 0 Å². The largest absolute Gasteiger partial charge is 0.493 e. The van der Waals surface area contributed by atoms with Crippen LogP contribution in [0.5, 0.6) is 5.75 Å². The van der Waals surface area contributed by atoms with E-state index in [0.717, 1.165) is 18.2 Å². The van der Waals surface area contributed by atoms with Gasteiger partial charge in [-0.3, -0.25) is 14.4 Å². The van der Waals surface area contributed by atoms with Gasteiger partial charge in [-0.25, -0.2) is 8.78 Å². The number of amides is 2. The van der Waals surface area contributed by atoms with Crippen molar-refractivity contribution in [1.29, 1.82) is 0 Å². The Morgan fingerprint density at radius 1 is 1.07 bits per heavy atom. The molecular formula is C19H18F2N2O5. The van der Waals surface area contributed by atoms with Crippen LogP contribution in [0.3, 0.4) is 0 Å². The van der Waals surface area contributed by atoms with Crippen molar-refractivity contribution in [3.8, 4) is 5.75 Å². The molecule has 7 nitrogen and oxygen atoms in total. The molecule has 2 aromatic carbocycles. The van der Waals surface area contributed by atoms with E-state index >= 15 is 0 Å². The molecule has 0 saturated heterocycles. The molecule has 0 spiro atoms. The SMILES string of the molecule is CCOc1ccccc1C(=O)NCC(=O)OCC(=O)Nc1cc(F)ccc1F. The zero-order valence-electron chi connectivity index (χ0n) is 15.0. The molecule has 9 heteroatoms. The molecule has 0 atom stereocenters. The minimum atomic E-state index is -0.878. The molecule has 2 amide bonds. The molecule has 0 fully saturated rings. The van der Waals surface area contributed by atoms with E-state index in [2.05, 4.69) is 10.6 Å². The lowest BCUT2D eigenvalue weighted by atomic mass is 10.2. The highest BCUT2D eigenvalue weighted by molar-refractivity contribution is 5.98. The number of nitrogens with one attached hydrogen (secondary N) is 2. The van der Waals surface area contributed by atoms with Crippen LogP contribution in [-0.2, 0) is 14.3 Å². The van der Waals surface area contributed by atoms with Crippen LogP contribution in [0, 0.1) is 11.6 Å². The Balaban J connectivity index is 1.80. The number of esters is 1. The molecule has 0 bridgehead atoms. The molecule has 2 rings (SSSR count). The first-order chi connectivity index (χ1) is 13.4. The monoisotopic (exact) mass is 392 g/mol. The molecule has 0 saturated carbocycles. The van der Waals surface area contributed by atoms with Crippen LogP contribution in [0.15, 0.2) is 42.5 Å². The van der Waals surface area contributed by atoms with Crippen molar-refractivity contribution < 1.29 is 32.6 Å². The lowest BCUT2D eigenvalue weighted by Gasteiger charge is -2.10. The maximum absolute atomic E-state index is 13.4. The van der Waals surface area contributed by atoms with Gasteiger partial charge in [0, 0.05) is 6.07 Å². The fourth-order valence-corrected chi connectivity index (χ4v) is 2.16. The first-order valence-electron chi connectivity index (χ1n) is 8.31. The van der Waals surface area contributed by atoms with Gasteiger partial charge < -0.3 is 20.1 Å². The van der Waals surface area contributed by atoms with Gasteiger partial charge in [0.2, 0.25) is 0 Å². The third kappa shape index (κ3) is 6.04. The number of ether oxygens (including phenoxy) is 2. The Hall–Kier alpha value is -3.49. The second kappa shape index (κ2) is 10.0. The number of benzene rings is 2. The number of hydrogen-bond donors (Lipinski definition) is 2. The number of rotatable bonds is 8. The van der Waals surface area contributed by atoms with Gasteiger partial charge in [-0.05, 0) is 31.2 Å². The van der Waals surface area contributed by atoms with E-state index in [1.54, 1.807) is 25.1 Å². The molecule has 2 N–H and O–H groups in total. The van der Waals surface area contributed by atoms with Gasteiger partial charge in [0.25, 0.3) is 11.8 Å².